The van der Waals surface area contributed by atoms with Gasteiger partial charge in [0.1, 0.15) is 0 Å². The average molecular weight is 484 g/mol. The van der Waals surface area contributed by atoms with Gasteiger partial charge in [-0.3, -0.25) is 4.79 Å². The Morgan fingerprint density at radius 1 is 1.03 bits per heavy atom. The van der Waals surface area contributed by atoms with E-state index in [9.17, 15) is 4.79 Å². The molecule has 35 heavy (non-hydrogen) atoms. The van der Waals surface area contributed by atoms with Crippen molar-refractivity contribution in [1.29, 1.82) is 0 Å². The van der Waals surface area contributed by atoms with Crippen molar-refractivity contribution < 1.29 is 14.3 Å². The normalized spacial score (nSPS) is 13.3. The number of nitrogens with one attached hydrogen (secondary N) is 1. The summed E-state index contributed by atoms with van der Waals surface area (Å²) >= 11 is 1.38. The van der Waals surface area contributed by atoms with E-state index >= 15 is 0 Å². The summed E-state index contributed by atoms with van der Waals surface area (Å²) < 4.78 is 12.5. The van der Waals surface area contributed by atoms with Crippen LogP contribution in [0.25, 0.3) is 27.9 Å². The summed E-state index contributed by atoms with van der Waals surface area (Å²) in [6.45, 7) is 2.17. The molecule has 9 heteroatoms. The van der Waals surface area contributed by atoms with Crippen molar-refractivity contribution in [3.63, 3.8) is 0 Å². The molecule has 1 atom stereocenters. The average Bonchev–Trinajstić information content (AvgIpc) is 3.55. The number of hydrogen-bond donors (Lipinski definition) is 1. The fraction of sp³-hybridized carbons (Fsp3) is 0.154. The van der Waals surface area contributed by atoms with Crippen molar-refractivity contribution in [2.45, 2.75) is 23.8 Å². The Labute approximate surface area is 205 Å². The van der Waals surface area contributed by atoms with Gasteiger partial charge in [-0.25, -0.2) is 9.97 Å². The van der Waals surface area contributed by atoms with Crippen LogP contribution in [0.1, 0.15) is 13.3 Å². The first-order valence-corrected chi connectivity index (χ1v) is 12.2. The summed E-state index contributed by atoms with van der Waals surface area (Å²) in [5.41, 5.74) is 3.09. The van der Waals surface area contributed by atoms with Gasteiger partial charge in [-0.1, -0.05) is 61.2 Å². The van der Waals surface area contributed by atoms with E-state index in [0.717, 1.165) is 16.5 Å². The third kappa shape index (κ3) is 4.04. The zero-order chi connectivity index (χ0) is 23.8. The van der Waals surface area contributed by atoms with Gasteiger partial charge < -0.3 is 14.8 Å². The van der Waals surface area contributed by atoms with Crippen molar-refractivity contribution in [2.24, 2.45) is 0 Å². The molecule has 5 aromatic rings. The van der Waals surface area contributed by atoms with E-state index < -0.39 is 0 Å². The molecular formula is C26H21N5O3S. The van der Waals surface area contributed by atoms with Crippen LogP contribution in [0.3, 0.4) is 0 Å². The van der Waals surface area contributed by atoms with Crippen LogP contribution >= 0.6 is 11.8 Å². The topological polar surface area (TPSA) is 90.6 Å². The molecule has 0 bridgehead atoms. The molecule has 1 aliphatic heterocycles. The molecule has 0 spiro atoms. The van der Waals surface area contributed by atoms with Crippen molar-refractivity contribution in [2.75, 3.05) is 12.1 Å². The number of amides is 1. The SMILES string of the molecule is CCC(Sc1nc2ccccc2c2nc(-c3ccccc3)nn12)C(=O)Nc1ccc2c(c1)OCO2. The smallest absolute Gasteiger partial charge is 0.237 e. The van der Waals surface area contributed by atoms with Crippen LogP contribution in [0.5, 0.6) is 11.5 Å². The van der Waals surface area contributed by atoms with Crippen LogP contribution in [0, 0.1) is 0 Å². The van der Waals surface area contributed by atoms with Crippen LogP contribution in [-0.4, -0.2) is 37.5 Å². The van der Waals surface area contributed by atoms with E-state index in [-0.39, 0.29) is 18.0 Å². The number of hydrogen-bond acceptors (Lipinski definition) is 7. The van der Waals surface area contributed by atoms with Crippen molar-refractivity contribution in [3.05, 3.63) is 72.8 Å². The molecule has 1 unspecified atom stereocenters. The molecular weight excluding hydrogens is 462 g/mol. The van der Waals surface area contributed by atoms with Gasteiger partial charge in [0.05, 0.1) is 10.8 Å². The number of aromatic nitrogens is 4. The summed E-state index contributed by atoms with van der Waals surface area (Å²) in [6, 6.07) is 23.0. The van der Waals surface area contributed by atoms with Crippen molar-refractivity contribution in [3.8, 4) is 22.9 Å². The zero-order valence-corrected chi connectivity index (χ0v) is 19.7. The van der Waals surface area contributed by atoms with Gasteiger partial charge in [-0.15, -0.1) is 5.10 Å². The van der Waals surface area contributed by atoms with Gasteiger partial charge in [-0.05, 0) is 30.7 Å². The fourth-order valence-corrected chi connectivity index (χ4v) is 4.93. The summed E-state index contributed by atoms with van der Waals surface area (Å²) in [6.07, 6.45) is 0.608. The second kappa shape index (κ2) is 8.92. The Bertz CT molecular complexity index is 1550. The Hall–Kier alpha value is -4.11. The van der Waals surface area contributed by atoms with Gasteiger partial charge in [0.15, 0.2) is 28.1 Å². The van der Waals surface area contributed by atoms with Crippen LogP contribution in [0.2, 0.25) is 0 Å². The molecule has 0 saturated heterocycles. The molecule has 0 fully saturated rings. The highest BCUT2D eigenvalue weighted by Gasteiger charge is 2.23. The maximum atomic E-state index is 13.2. The molecule has 3 aromatic carbocycles. The Morgan fingerprint density at radius 2 is 1.83 bits per heavy atom. The van der Waals surface area contributed by atoms with E-state index in [0.29, 0.717) is 40.2 Å². The summed E-state index contributed by atoms with van der Waals surface area (Å²) in [4.78, 5) is 22.9. The molecule has 1 aliphatic rings. The minimum absolute atomic E-state index is 0.122. The lowest BCUT2D eigenvalue weighted by atomic mass is 10.2. The van der Waals surface area contributed by atoms with E-state index in [2.05, 4.69) is 5.32 Å². The standard InChI is InChI=1S/C26H21N5O3S/c1-2-22(25(32)27-17-12-13-20-21(14-17)34-15-33-20)35-26-28-19-11-7-6-10-18(19)24-29-23(30-31(24)26)16-8-4-3-5-9-16/h3-14,22H,2,15H2,1H3,(H,27,32). The maximum absolute atomic E-state index is 13.2. The second-order valence-corrected chi connectivity index (χ2v) is 9.19. The molecule has 8 nitrogen and oxygen atoms in total. The minimum atomic E-state index is -0.387. The quantitative estimate of drug-likeness (QED) is 0.263. The number of fused-ring (bicyclic) bond motifs is 4. The fourth-order valence-electron chi connectivity index (χ4n) is 3.96. The molecule has 0 aliphatic carbocycles. The van der Waals surface area contributed by atoms with E-state index in [1.54, 1.807) is 22.7 Å². The van der Waals surface area contributed by atoms with Crippen LogP contribution in [0.15, 0.2) is 78.0 Å². The van der Waals surface area contributed by atoms with Crippen LogP contribution in [-0.2, 0) is 4.79 Å². The molecule has 2 aromatic heterocycles. The first-order valence-electron chi connectivity index (χ1n) is 11.3. The summed E-state index contributed by atoms with van der Waals surface area (Å²) in [5, 5.41) is 8.89. The predicted molar refractivity (Wildman–Crippen MR) is 135 cm³/mol. The maximum Gasteiger partial charge on any atom is 0.237 e. The molecule has 1 amide bonds. The molecule has 0 saturated carbocycles. The number of rotatable bonds is 6. The molecule has 6 rings (SSSR count). The first-order chi connectivity index (χ1) is 17.2. The number of nitrogens with zero attached hydrogens (tertiary/aromatic N) is 4. The van der Waals surface area contributed by atoms with Crippen LogP contribution in [0.4, 0.5) is 5.69 Å². The number of anilines is 1. The number of benzene rings is 3. The monoisotopic (exact) mass is 483 g/mol. The lowest BCUT2D eigenvalue weighted by Gasteiger charge is -2.15. The van der Waals surface area contributed by atoms with E-state index in [1.807, 2.05) is 61.5 Å². The van der Waals surface area contributed by atoms with E-state index in [4.69, 9.17) is 24.5 Å². The number of ether oxygens (including phenoxy) is 2. The van der Waals surface area contributed by atoms with Gasteiger partial charge >= 0.3 is 0 Å². The highest BCUT2D eigenvalue weighted by Crippen LogP contribution is 2.35. The van der Waals surface area contributed by atoms with Crippen molar-refractivity contribution >= 4 is 39.9 Å². The Balaban J connectivity index is 1.35. The van der Waals surface area contributed by atoms with Gasteiger partial charge in [0.2, 0.25) is 12.7 Å². The zero-order valence-electron chi connectivity index (χ0n) is 18.8. The third-order valence-electron chi connectivity index (χ3n) is 5.73. The summed E-state index contributed by atoms with van der Waals surface area (Å²) in [7, 11) is 0. The second-order valence-electron chi connectivity index (χ2n) is 8.02. The molecule has 3 heterocycles. The van der Waals surface area contributed by atoms with Crippen molar-refractivity contribution in [1.82, 2.24) is 19.6 Å². The molecule has 0 radical (unpaired) electrons. The minimum Gasteiger partial charge on any atom is -0.454 e. The molecule has 174 valence electrons. The highest BCUT2D eigenvalue weighted by atomic mass is 32.2. The Kier molecular flexibility index (Phi) is 5.46. The van der Waals surface area contributed by atoms with E-state index in [1.165, 1.54) is 11.8 Å². The Morgan fingerprint density at radius 3 is 2.69 bits per heavy atom. The van der Waals surface area contributed by atoms with Gasteiger partial charge in [0.25, 0.3) is 0 Å². The number of carbonyl (C=O) groups excluding carboxylic acids is 1. The van der Waals surface area contributed by atoms with Gasteiger partial charge in [-0.2, -0.15) is 4.52 Å². The molecule has 1 N–H and O–H groups in total. The first kappa shape index (κ1) is 21.4. The number of thioether (sulfide) groups is 1. The third-order valence-corrected chi connectivity index (χ3v) is 7.04. The lowest BCUT2D eigenvalue weighted by molar-refractivity contribution is -0.115. The number of para-hydroxylation sites is 1. The highest BCUT2D eigenvalue weighted by molar-refractivity contribution is 8.00. The predicted octanol–water partition coefficient (Wildman–Crippen LogP) is 5.18. The summed E-state index contributed by atoms with van der Waals surface area (Å²) in [5.74, 6) is 1.79. The largest absolute Gasteiger partial charge is 0.454 e. The number of carbonyl (C=O) groups is 1. The van der Waals surface area contributed by atoms with Crippen LogP contribution < -0.4 is 14.8 Å². The van der Waals surface area contributed by atoms with Gasteiger partial charge in [0, 0.05) is 22.7 Å². The lowest BCUT2D eigenvalue weighted by Crippen LogP contribution is -2.25.